The van der Waals surface area contributed by atoms with Gasteiger partial charge >= 0.3 is 0 Å². The zero-order valence-corrected chi connectivity index (χ0v) is 18.5. The van der Waals surface area contributed by atoms with Crippen LogP contribution in [0.3, 0.4) is 0 Å². The molecule has 0 saturated heterocycles. The Labute approximate surface area is 173 Å². The Morgan fingerprint density at radius 1 is 1.15 bits per heavy atom. The second-order valence-corrected chi connectivity index (χ2v) is 5.92. The lowest BCUT2D eigenvalue weighted by molar-refractivity contribution is 0.380. The molecule has 0 bridgehead atoms. The highest BCUT2D eigenvalue weighted by Gasteiger charge is 2.13. The molecule has 0 saturated carbocycles. The summed E-state index contributed by atoms with van der Waals surface area (Å²) in [5.74, 6) is 1.75. The van der Waals surface area contributed by atoms with E-state index in [1.165, 1.54) is 5.56 Å². The van der Waals surface area contributed by atoms with Gasteiger partial charge < -0.3 is 15.2 Å². The number of pyridine rings is 1. The van der Waals surface area contributed by atoms with Crippen LogP contribution in [0.25, 0.3) is 0 Å². The van der Waals surface area contributed by atoms with Gasteiger partial charge in [0.25, 0.3) is 0 Å². The van der Waals surface area contributed by atoms with Crippen LogP contribution in [-0.4, -0.2) is 29.2 Å². The van der Waals surface area contributed by atoms with Crippen molar-refractivity contribution < 1.29 is 4.52 Å². The van der Waals surface area contributed by atoms with E-state index in [0.717, 1.165) is 61.0 Å². The van der Waals surface area contributed by atoms with Crippen LogP contribution < -0.4 is 10.6 Å². The number of aromatic nitrogens is 2. The van der Waals surface area contributed by atoms with Gasteiger partial charge in [0.05, 0.1) is 12.2 Å². The van der Waals surface area contributed by atoms with Gasteiger partial charge in [0.1, 0.15) is 5.76 Å². The third kappa shape index (κ3) is 6.59. The summed E-state index contributed by atoms with van der Waals surface area (Å²) < 4.78 is 5.41. The smallest absolute Gasteiger partial charge is 0.191 e. The maximum Gasteiger partial charge on any atom is 0.191 e. The van der Waals surface area contributed by atoms with Gasteiger partial charge in [0.15, 0.2) is 5.96 Å². The average Bonchev–Trinajstić information content (AvgIpc) is 3.03. The summed E-state index contributed by atoms with van der Waals surface area (Å²) in [5.41, 5.74) is 4.38. The van der Waals surface area contributed by atoms with Crippen molar-refractivity contribution in [2.24, 2.45) is 4.99 Å². The molecule has 144 valence electrons. The molecule has 0 aliphatic carbocycles. The van der Waals surface area contributed by atoms with E-state index in [2.05, 4.69) is 47.6 Å². The summed E-state index contributed by atoms with van der Waals surface area (Å²) >= 11 is 0. The lowest BCUT2D eigenvalue weighted by atomic mass is 10.1. The molecule has 2 heterocycles. The number of guanidine groups is 1. The lowest BCUT2D eigenvalue weighted by Gasteiger charge is -2.11. The Morgan fingerprint density at radius 3 is 2.58 bits per heavy atom. The number of hydrogen-bond acceptors (Lipinski definition) is 4. The number of nitrogens with one attached hydrogen (secondary N) is 2. The fourth-order valence-corrected chi connectivity index (χ4v) is 2.59. The van der Waals surface area contributed by atoms with E-state index in [0.29, 0.717) is 6.54 Å². The third-order valence-electron chi connectivity index (χ3n) is 4.03. The molecule has 26 heavy (non-hydrogen) atoms. The minimum absolute atomic E-state index is 0. The monoisotopic (exact) mass is 471 g/mol. The van der Waals surface area contributed by atoms with E-state index in [9.17, 15) is 0 Å². The van der Waals surface area contributed by atoms with Gasteiger partial charge in [-0.1, -0.05) is 25.1 Å². The number of aliphatic imine (C=N–C) groups is 1. The molecule has 0 aromatic carbocycles. The molecule has 0 aliphatic heterocycles. The SMILES string of the molecule is CCNC(=NCc1c(CC)noc1CC)NCCc1ccc(C)nc1.I. The Kier molecular flexibility index (Phi) is 10.2. The molecule has 0 atom stereocenters. The maximum atomic E-state index is 5.41. The van der Waals surface area contributed by atoms with Crippen molar-refractivity contribution >= 4 is 29.9 Å². The highest BCUT2D eigenvalue weighted by Crippen LogP contribution is 2.16. The summed E-state index contributed by atoms with van der Waals surface area (Å²) in [6, 6.07) is 4.16. The molecule has 2 aromatic heterocycles. The first-order valence-corrected chi connectivity index (χ1v) is 9.07. The van der Waals surface area contributed by atoms with Crippen LogP contribution in [0.15, 0.2) is 27.8 Å². The normalized spacial score (nSPS) is 11.2. The molecule has 6 nitrogen and oxygen atoms in total. The van der Waals surface area contributed by atoms with Gasteiger partial charge in [-0.2, -0.15) is 0 Å². The van der Waals surface area contributed by atoms with Crippen molar-refractivity contribution in [2.45, 2.75) is 53.5 Å². The second-order valence-electron chi connectivity index (χ2n) is 5.92. The van der Waals surface area contributed by atoms with E-state index < -0.39 is 0 Å². The van der Waals surface area contributed by atoms with Gasteiger partial charge in [0, 0.05) is 37.0 Å². The van der Waals surface area contributed by atoms with E-state index >= 15 is 0 Å². The Bertz CT molecular complexity index is 660. The Morgan fingerprint density at radius 2 is 1.96 bits per heavy atom. The maximum absolute atomic E-state index is 5.41. The molecule has 0 amide bonds. The van der Waals surface area contributed by atoms with Gasteiger partial charge in [-0.15, -0.1) is 24.0 Å². The van der Waals surface area contributed by atoms with Gasteiger partial charge in [-0.3, -0.25) is 4.98 Å². The molecule has 7 heteroatoms. The molecule has 0 spiro atoms. The van der Waals surface area contributed by atoms with Crippen molar-refractivity contribution in [2.75, 3.05) is 13.1 Å². The van der Waals surface area contributed by atoms with Gasteiger partial charge in [-0.05, 0) is 38.3 Å². The quantitative estimate of drug-likeness (QED) is 0.351. The molecule has 2 N–H and O–H groups in total. The first-order valence-electron chi connectivity index (χ1n) is 9.07. The number of hydrogen-bond donors (Lipinski definition) is 2. The zero-order valence-electron chi connectivity index (χ0n) is 16.1. The standard InChI is InChI=1S/C19H29N5O.HI/c1-5-17-16(18(6-2)25-24-17)13-23-19(20-7-3)21-11-10-15-9-8-14(4)22-12-15;/h8-9,12H,5-7,10-11,13H2,1-4H3,(H2,20,21,23);1H. The van der Waals surface area contributed by atoms with Crippen LogP contribution in [-0.2, 0) is 25.8 Å². The molecule has 0 fully saturated rings. The summed E-state index contributed by atoms with van der Waals surface area (Å²) in [4.78, 5) is 9.03. The molecule has 2 rings (SSSR count). The number of nitrogens with zero attached hydrogens (tertiary/aromatic N) is 3. The molecular formula is C19H30IN5O. The number of aryl methyl sites for hydroxylation is 3. The fraction of sp³-hybridized carbons (Fsp3) is 0.526. The largest absolute Gasteiger partial charge is 0.361 e. The third-order valence-corrected chi connectivity index (χ3v) is 4.03. The first kappa shape index (κ1) is 22.4. The predicted molar refractivity (Wildman–Crippen MR) is 116 cm³/mol. The highest BCUT2D eigenvalue weighted by atomic mass is 127. The minimum atomic E-state index is 0. The van der Waals surface area contributed by atoms with Crippen LogP contribution in [0, 0.1) is 6.92 Å². The van der Waals surface area contributed by atoms with E-state index in [4.69, 9.17) is 9.52 Å². The lowest BCUT2D eigenvalue weighted by Crippen LogP contribution is -2.38. The highest BCUT2D eigenvalue weighted by molar-refractivity contribution is 14.0. The van der Waals surface area contributed by atoms with E-state index in [1.54, 1.807) is 0 Å². The molecular weight excluding hydrogens is 441 g/mol. The molecule has 0 unspecified atom stereocenters. The first-order chi connectivity index (χ1) is 12.2. The van der Waals surface area contributed by atoms with Crippen molar-refractivity contribution in [3.63, 3.8) is 0 Å². The molecule has 2 aromatic rings. The van der Waals surface area contributed by atoms with Gasteiger partial charge in [-0.25, -0.2) is 4.99 Å². The summed E-state index contributed by atoms with van der Waals surface area (Å²) in [5, 5.41) is 10.8. The molecule has 0 radical (unpaired) electrons. The number of halogens is 1. The van der Waals surface area contributed by atoms with Gasteiger partial charge in [0.2, 0.25) is 0 Å². The van der Waals surface area contributed by atoms with Crippen LogP contribution in [0.2, 0.25) is 0 Å². The van der Waals surface area contributed by atoms with Crippen LogP contribution in [0.5, 0.6) is 0 Å². The Balaban J connectivity index is 0.00000338. The fourth-order valence-electron chi connectivity index (χ4n) is 2.59. The van der Waals surface area contributed by atoms with Crippen LogP contribution in [0.1, 0.15) is 49.0 Å². The summed E-state index contributed by atoms with van der Waals surface area (Å²) in [7, 11) is 0. The number of rotatable bonds is 8. The van der Waals surface area contributed by atoms with Crippen molar-refractivity contribution in [3.05, 3.63) is 46.6 Å². The topological polar surface area (TPSA) is 75.3 Å². The summed E-state index contributed by atoms with van der Waals surface area (Å²) in [6.07, 6.45) is 4.53. The van der Waals surface area contributed by atoms with Crippen LogP contribution >= 0.6 is 24.0 Å². The minimum Gasteiger partial charge on any atom is -0.361 e. The van der Waals surface area contributed by atoms with Crippen molar-refractivity contribution in [1.29, 1.82) is 0 Å². The predicted octanol–water partition coefficient (Wildman–Crippen LogP) is 3.42. The summed E-state index contributed by atoms with van der Waals surface area (Å²) in [6.45, 7) is 10.4. The Hall–Kier alpha value is -1.64. The van der Waals surface area contributed by atoms with Crippen LogP contribution in [0.4, 0.5) is 0 Å². The van der Waals surface area contributed by atoms with E-state index in [1.807, 2.05) is 19.2 Å². The zero-order chi connectivity index (χ0) is 18.1. The second kappa shape index (κ2) is 11.9. The van der Waals surface area contributed by atoms with Crippen molar-refractivity contribution in [1.82, 2.24) is 20.8 Å². The van der Waals surface area contributed by atoms with Crippen molar-refractivity contribution in [3.8, 4) is 0 Å². The van der Waals surface area contributed by atoms with E-state index in [-0.39, 0.29) is 24.0 Å². The molecule has 0 aliphatic rings. The average molecular weight is 471 g/mol.